The van der Waals surface area contributed by atoms with Gasteiger partial charge < -0.3 is 10.8 Å². The van der Waals surface area contributed by atoms with Crippen LogP contribution in [0.25, 0.3) is 0 Å². The van der Waals surface area contributed by atoms with E-state index in [1.165, 1.54) is 0 Å². The fraction of sp³-hybridized carbons (Fsp3) is 0.571. The lowest BCUT2D eigenvalue weighted by Crippen LogP contribution is -2.23. The van der Waals surface area contributed by atoms with E-state index in [9.17, 15) is 5.11 Å². The van der Waals surface area contributed by atoms with Crippen LogP contribution in [-0.4, -0.2) is 5.11 Å². The third kappa shape index (κ3) is 2.31. The second-order valence-corrected chi connectivity index (χ2v) is 6.42. The summed E-state index contributed by atoms with van der Waals surface area (Å²) < 4.78 is 0. The molecule has 1 rings (SSSR count). The molecule has 0 bridgehead atoms. The summed E-state index contributed by atoms with van der Waals surface area (Å²) in [5.74, 6) is 0.339. The van der Waals surface area contributed by atoms with Crippen LogP contribution in [0.2, 0.25) is 0 Å². The summed E-state index contributed by atoms with van der Waals surface area (Å²) in [4.78, 5) is 0. The Labute approximate surface area is 98.5 Å². The van der Waals surface area contributed by atoms with E-state index in [0.29, 0.717) is 5.75 Å². The summed E-state index contributed by atoms with van der Waals surface area (Å²) in [6.07, 6.45) is 0. The molecule has 0 heterocycles. The van der Waals surface area contributed by atoms with Crippen molar-refractivity contribution in [1.29, 1.82) is 0 Å². The third-order valence-electron chi connectivity index (χ3n) is 2.72. The first-order valence-corrected chi connectivity index (χ1v) is 5.67. The lowest BCUT2D eigenvalue weighted by Gasteiger charge is -2.31. The van der Waals surface area contributed by atoms with E-state index in [0.717, 1.165) is 16.8 Å². The summed E-state index contributed by atoms with van der Waals surface area (Å²) in [6.45, 7) is 12.6. The zero-order valence-corrected chi connectivity index (χ0v) is 11.2. The summed E-state index contributed by atoms with van der Waals surface area (Å²) in [7, 11) is 0. The molecule has 0 unspecified atom stereocenters. The van der Waals surface area contributed by atoms with Gasteiger partial charge in [-0.2, -0.15) is 0 Å². The molecule has 0 atom stereocenters. The highest BCUT2D eigenvalue weighted by molar-refractivity contribution is 5.61. The van der Waals surface area contributed by atoms with Crippen LogP contribution in [-0.2, 0) is 10.8 Å². The number of anilines is 1. The van der Waals surface area contributed by atoms with Crippen molar-refractivity contribution in [2.75, 3.05) is 5.73 Å². The van der Waals surface area contributed by atoms with Gasteiger partial charge in [0.05, 0.1) is 0 Å². The molecular weight excluding hydrogens is 198 g/mol. The van der Waals surface area contributed by atoms with E-state index >= 15 is 0 Å². The van der Waals surface area contributed by atoms with Crippen molar-refractivity contribution in [3.8, 4) is 5.75 Å². The number of benzene rings is 1. The largest absolute Gasteiger partial charge is 0.508 e. The van der Waals surface area contributed by atoms with Crippen molar-refractivity contribution >= 4 is 5.69 Å². The van der Waals surface area contributed by atoms with Gasteiger partial charge in [-0.1, -0.05) is 41.5 Å². The molecule has 1 aromatic carbocycles. The Hall–Kier alpha value is -1.18. The molecule has 3 N–H and O–H groups in total. The Balaban J connectivity index is 3.64. The lowest BCUT2D eigenvalue weighted by molar-refractivity contribution is 0.436. The SMILES string of the molecule is CC(C)(C)c1c(N)ccc(O)c1C(C)(C)C. The molecule has 0 aliphatic carbocycles. The van der Waals surface area contributed by atoms with E-state index in [2.05, 4.69) is 41.5 Å². The molecule has 0 saturated heterocycles. The van der Waals surface area contributed by atoms with Crippen molar-refractivity contribution in [3.63, 3.8) is 0 Å². The van der Waals surface area contributed by atoms with Crippen molar-refractivity contribution < 1.29 is 5.11 Å². The summed E-state index contributed by atoms with van der Waals surface area (Å²) in [5, 5.41) is 10.1. The summed E-state index contributed by atoms with van der Waals surface area (Å²) in [6, 6.07) is 3.47. The standard InChI is InChI=1S/C14H23NO/c1-13(2,3)11-9(15)7-8-10(16)12(11)14(4,5)6/h7-8,16H,15H2,1-6H3. The Morgan fingerprint density at radius 2 is 1.31 bits per heavy atom. The summed E-state index contributed by atoms with van der Waals surface area (Å²) >= 11 is 0. The number of hydrogen-bond acceptors (Lipinski definition) is 2. The Kier molecular flexibility index (Phi) is 2.97. The number of aromatic hydroxyl groups is 1. The van der Waals surface area contributed by atoms with Crippen LogP contribution in [0.1, 0.15) is 52.7 Å². The third-order valence-corrected chi connectivity index (χ3v) is 2.72. The fourth-order valence-electron chi connectivity index (χ4n) is 2.18. The maximum Gasteiger partial charge on any atom is 0.119 e. The van der Waals surface area contributed by atoms with Gasteiger partial charge in [-0.15, -0.1) is 0 Å². The molecule has 0 aromatic heterocycles. The smallest absolute Gasteiger partial charge is 0.119 e. The molecule has 2 heteroatoms. The van der Waals surface area contributed by atoms with Gasteiger partial charge in [-0.25, -0.2) is 0 Å². The Morgan fingerprint density at radius 3 is 1.62 bits per heavy atom. The number of nitrogen functional groups attached to an aromatic ring is 1. The number of rotatable bonds is 0. The van der Waals surface area contributed by atoms with E-state index in [1.54, 1.807) is 12.1 Å². The number of phenols is 1. The number of phenolic OH excluding ortho intramolecular Hbond substituents is 1. The molecule has 0 saturated carbocycles. The zero-order chi connectivity index (χ0) is 12.7. The maximum atomic E-state index is 10.1. The zero-order valence-electron chi connectivity index (χ0n) is 11.2. The molecule has 90 valence electrons. The average Bonchev–Trinajstić information content (AvgIpc) is 2.04. The topological polar surface area (TPSA) is 46.2 Å². The minimum atomic E-state index is -0.109. The van der Waals surface area contributed by atoms with Crippen LogP contribution in [0.15, 0.2) is 12.1 Å². The van der Waals surface area contributed by atoms with Gasteiger partial charge >= 0.3 is 0 Å². The van der Waals surface area contributed by atoms with Gasteiger partial charge in [0.2, 0.25) is 0 Å². The van der Waals surface area contributed by atoms with E-state index < -0.39 is 0 Å². The van der Waals surface area contributed by atoms with Crippen LogP contribution < -0.4 is 5.73 Å². The van der Waals surface area contributed by atoms with Crippen molar-refractivity contribution in [2.24, 2.45) is 0 Å². The predicted molar refractivity (Wildman–Crippen MR) is 69.9 cm³/mol. The highest BCUT2D eigenvalue weighted by Crippen LogP contribution is 2.42. The first-order valence-electron chi connectivity index (χ1n) is 5.67. The van der Waals surface area contributed by atoms with Gasteiger partial charge in [0.25, 0.3) is 0 Å². The van der Waals surface area contributed by atoms with Gasteiger partial charge in [0.15, 0.2) is 0 Å². The van der Waals surface area contributed by atoms with Crippen molar-refractivity contribution in [2.45, 2.75) is 52.4 Å². The molecule has 16 heavy (non-hydrogen) atoms. The highest BCUT2D eigenvalue weighted by atomic mass is 16.3. The van der Waals surface area contributed by atoms with Crippen LogP contribution in [0.4, 0.5) is 5.69 Å². The minimum Gasteiger partial charge on any atom is -0.508 e. The molecule has 1 aromatic rings. The fourth-order valence-corrected chi connectivity index (χ4v) is 2.18. The van der Waals surface area contributed by atoms with E-state index in [4.69, 9.17) is 5.73 Å². The number of hydrogen-bond donors (Lipinski definition) is 2. The molecular formula is C14H23NO. The molecule has 0 fully saturated rings. The normalized spacial score (nSPS) is 12.9. The van der Waals surface area contributed by atoms with Crippen LogP contribution in [0, 0.1) is 0 Å². The van der Waals surface area contributed by atoms with Crippen molar-refractivity contribution in [1.82, 2.24) is 0 Å². The van der Waals surface area contributed by atoms with Crippen LogP contribution in [0.3, 0.4) is 0 Å². The molecule has 0 spiro atoms. The molecule has 2 nitrogen and oxygen atoms in total. The first-order chi connectivity index (χ1) is 7.05. The lowest BCUT2D eigenvalue weighted by atomic mass is 9.74. The Morgan fingerprint density at radius 1 is 0.875 bits per heavy atom. The monoisotopic (exact) mass is 221 g/mol. The van der Waals surface area contributed by atoms with Gasteiger partial charge in [-0.05, 0) is 28.5 Å². The summed E-state index contributed by atoms with van der Waals surface area (Å²) in [5.41, 5.74) is 8.66. The molecule has 0 aliphatic rings. The highest BCUT2D eigenvalue weighted by Gasteiger charge is 2.29. The second kappa shape index (κ2) is 3.69. The van der Waals surface area contributed by atoms with Crippen LogP contribution >= 0.6 is 0 Å². The van der Waals surface area contributed by atoms with E-state index in [-0.39, 0.29) is 10.8 Å². The Bertz CT molecular complexity index is 355. The first kappa shape index (κ1) is 12.9. The maximum absolute atomic E-state index is 10.1. The molecule has 0 aliphatic heterocycles. The van der Waals surface area contributed by atoms with Gasteiger partial charge in [-0.3, -0.25) is 0 Å². The average molecular weight is 221 g/mol. The van der Waals surface area contributed by atoms with Crippen molar-refractivity contribution in [3.05, 3.63) is 23.3 Å². The van der Waals surface area contributed by atoms with Gasteiger partial charge in [0, 0.05) is 11.3 Å². The minimum absolute atomic E-state index is 0.0641. The van der Waals surface area contributed by atoms with E-state index in [1.807, 2.05) is 0 Å². The number of nitrogens with two attached hydrogens (primary N) is 1. The molecule has 0 radical (unpaired) electrons. The van der Waals surface area contributed by atoms with Gasteiger partial charge in [0.1, 0.15) is 5.75 Å². The second-order valence-electron chi connectivity index (χ2n) is 6.42. The van der Waals surface area contributed by atoms with Crippen LogP contribution in [0.5, 0.6) is 5.75 Å². The quantitative estimate of drug-likeness (QED) is 0.519. The molecule has 0 amide bonds. The predicted octanol–water partition coefficient (Wildman–Crippen LogP) is 3.57.